The third-order valence-electron chi connectivity index (χ3n) is 2.88. The van der Waals surface area contributed by atoms with Crippen LogP contribution in [0.1, 0.15) is 12.5 Å². The van der Waals surface area contributed by atoms with Gasteiger partial charge in [-0.3, -0.25) is 0 Å². The monoisotopic (exact) mass is 236 g/mol. The fourth-order valence-corrected chi connectivity index (χ4v) is 1.90. The van der Waals surface area contributed by atoms with Crippen LogP contribution in [0.5, 0.6) is 0 Å². The molecule has 0 saturated heterocycles. The molecule has 88 valence electrons. The van der Waals surface area contributed by atoms with Crippen LogP contribution in [0.2, 0.25) is 0 Å². The first-order valence-electron chi connectivity index (χ1n) is 5.65. The van der Waals surface area contributed by atoms with Gasteiger partial charge in [-0.2, -0.15) is 5.26 Å². The highest BCUT2D eigenvalue weighted by atomic mass is 16.3. The number of hydrogen-bond acceptors (Lipinski definition) is 3. The SMILES string of the molecule is CC1=CC(=C(C#N)c2ccccc2)C=CC1N=O. The molecule has 0 fully saturated rings. The standard InChI is InChI=1S/C15H12N2O/c1-11-9-13(7-8-15(11)17-18)14(10-16)12-5-3-2-4-6-12/h2-9,15H,1H3. The van der Waals surface area contributed by atoms with Gasteiger partial charge >= 0.3 is 0 Å². The minimum absolute atomic E-state index is 0.413. The van der Waals surface area contributed by atoms with Gasteiger partial charge in [0, 0.05) is 0 Å². The lowest BCUT2D eigenvalue weighted by atomic mass is 9.93. The second-order valence-electron chi connectivity index (χ2n) is 4.11. The Hall–Kier alpha value is -2.47. The number of hydrogen-bond donors (Lipinski definition) is 0. The van der Waals surface area contributed by atoms with Crippen molar-refractivity contribution in [3.63, 3.8) is 0 Å². The molecule has 1 aromatic carbocycles. The minimum Gasteiger partial charge on any atom is -0.192 e. The zero-order valence-electron chi connectivity index (χ0n) is 10.00. The molecule has 1 atom stereocenters. The zero-order chi connectivity index (χ0) is 13.0. The van der Waals surface area contributed by atoms with Crippen molar-refractivity contribution in [1.82, 2.24) is 0 Å². The van der Waals surface area contributed by atoms with Crippen molar-refractivity contribution in [2.45, 2.75) is 13.0 Å². The molecule has 0 saturated carbocycles. The highest BCUT2D eigenvalue weighted by Gasteiger charge is 2.14. The normalized spacial score (nSPS) is 20.9. The van der Waals surface area contributed by atoms with Gasteiger partial charge in [-0.05, 0) is 23.6 Å². The largest absolute Gasteiger partial charge is 0.192 e. The van der Waals surface area contributed by atoms with Gasteiger partial charge in [0.2, 0.25) is 0 Å². The van der Waals surface area contributed by atoms with Crippen LogP contribution in [0.15, 0.2) is 64.9 Å². The van der Waals surface area contributed by atoms with Crippen LogP contribution in [-0.4, -0.2) is 6.04 Å². The lowest BCUT2D eigenvalue weighted by Gasteiger charge is -2.12. The second kappa shape index (κ2) is 5.24. The first-order chi connectivity index (χ1) is 8.76. The molecule has 0 N–H and O–H groups in total. The van der Waals surface area contributed by atoms with Gasteiger partial charge in [-0.15, -0.1) is 4.91 Å². The van der Waals surface area contributed by atoms with E-state index in [0.29, 0.717) is 5.57 Å². The fourth-order valence-electron chi connectivity index (χ4n) is 1.90. The molecule has 0 bridgehead atoms. The Balaban J connectivity index is 2.49. The van der Waals surface area contributed by atoms with E-state index in [1.807, 2.05) is 43.3 Å². The predicted molar refractivity (Wildman–Crippen MR) is 71.5 cm³/mol. The molecule has 2 rings (SSSR count). The Bertz CT molecular complexity index is 589. The van der Waals surface area contributed by atoms with Crippen LogP contribution >= 0.6 is 0 Å². The number of nitrogens with zero attached hydrogens (tertiary/aromatic N) is 2. The van der Waals surface area contributed by atoms with E-state index in [9.17, 15) is 10.2 Å². The maximum Gasteiger partial charge on any atom is 0.131 e. The molecule has 0 heterocycles. The Kier molecular flexibility index (Phi) is 3.49. The molecule has 1 unspecified atom stereocenters. The molecule has 1 aromatic rings. The van der Waals surface area contributed by atoms with Crippen LogP contribution < -0.4 is 0 Å². The van der Waals surface area contributed by atoms with Crippen LogP contribution in [0.3, 0.4) is 0 Å². The summed E-state index contributed by atoms with van der Waals surface area (Å²) in [4.78, 5) is 10.6. The van der Waals surface area contributed by atoms with E-state index in [1.165, 1.54) is 0 Å². The summed E-state index contributed by atoms with van der Waals surface area (Å²) in [5.41, 5.74) is 3.16. The van der Waals surface area contributed by atoms with Crippen molar-refractivity contribution >= 4 is 5.57 Å². The topological polar surface area (TPSA) is 53.2 Å². The summed E-state index contributed by atoms with van der Waals surface area (Å²) in [6, 6.07) is 11.3. The van der Waals surface area contributed by atoms with Crippen molar-refractivity contribution in [2.24, 2.45) is 5.18 Å². The molecular formula is C15H12N2O. The van der Waals surface area contributed by atoms with Crippen LogP contribution in [0.25, 0.3) is 5.57 Å². The van der Waals surface area contributed by atoms with Gasteiger partial charge in [0.1, 0.15) is 12.1 Å². The summed E-state index contributed by atoms with van der Waals surface area (Å²) in [5.74, 6) is 0. The third kappa shape index (κ3) is 2.28. The van der Waals surface area contributed by atoms with Gasteiger partial charge < -0.3 is 0 Å². The lowest BCUT2D eigenvalue weighted by molar-refractivity contribution is 0.927. The molecule has 18 heavy (non-hydrogen) atoms. The number of allylic oxidation sites excluding steroid dienone is 4. The Morgan fingerprint density at radius 2 is 2.06 bits per heavy atom. The van der Waals surface area contributed by atoms with E-state index in [-0.39, 0.29) is 0 Å². The van der Waals surface area contributed by atoms with Crippen molar-refractivity contribution in [1.29, 1.82) is 5.26 Å². The minimum atomic E-state index is -0.413. The van der Waals surface area contributed by atoms with Gasteiger partial charge in [0.05, 0.1) is 5.57 Å². The van der Waals surface area contributed by atoms with E-state index >= 15 is 0 Å². The Labute approximate surface area is 106 Å². The van der Waals surface area contributed by atoms with Gasteiger partial charge in [0.25, 0.3) is 0 Å². The van der Waals surface area contributed by atoms with E-state index in [0.717, 1.165) is 16.7 Å². The maximum absolute atomic E-state index is 10.6. The number of rotatable bonds is 2. The maximum atomic E-state index is 10.6. The van der Waals surface area contributed by atoms with Crippen molar-refractivity contribution < 1.29 is 0 Å². The summed E-state index contributed by atoms with van der Waals surface area (Å²) in [7, 11) is 0. The smallest absolute Gasteiger partial charge is 0.131 e. The highest BCUT2D eigenvalue weighted by molar-refractivity contribution is 5.83. The van der Waals surface area contributed by atoms with Crippen molar-refractivity contribution in [3.8, 4) is 6.07 Å². The molecule has 0 amide bonds. The third-order valence-corrected chi connectivity index (χ3v) is 2.88. The molecule has 3 nitrogen and oxygen atoms in total. The average Bonchev–Trinajstić information content (AvgIpc) is 2.41. The van der Waals surface area contributed by atoms with Crippen LogP contribution in [0.4, 0.5) is 0 Å². The fraction of sp³-hybridized carbons (Fsp3) is 0.133. The summed E-state index contributed by atoms with van der Waals surface area (Å²) >= 11 is 0. The molecular weight excluding hydrogens is 224 g/mol. The average molecular weight is 236 g/mol. The molecule has 3 heteroatoms. The van der Waals surface area contributed by atoms with E-state index in [4.69, 9.17) is 0 Å². The summed E-state index contributed by atoms with van der Waals surface area (Å²) in [6.07, 6.45) is 5.35. The van der Waals surface area contributed by atoms with Gasteiger partial charge in [-0.25, -0.2) is 0 Å². The molecule has 0 radical (unpaired) electrons. The molecule has 1 aliphatic carbocycles. The van der Waals surface area contributed by atoms with E-state index in [2.05, 4.69) is 11.2 Å². The number of benzene rings is 1. The van der Waals surface area contributed by atoms with E-state index in [1.54, 1.807) is 12.2 Å². The summed E-state index contributed by atoms with van der Waals surface area (Å²) in [5, 5.41) is 12.3. The van der Waals surface area contributed by atoms with Crippen molar-refractivity contribution in [3.05, 3.63) is 70.2 Å². The first-order valence-corrected chi connectivity index (χ1v) is 5.65. The predicted octanol–water partition coefficient (Wildman–Crippen LogP) is 3.61. The van der Waals surface area contributed by atoms with Crippen molar-refractivity contribution in [2.75, 3.05) is 0 Å². The summed E-state index contributed by atoms with van der Waals surface area (Å²) in [6.45, 7) is 1.84. The molecule has 1 aliphatic rings. The number of nitroso groups, excluding NO2 is 1. The van der Waals surface area contributed by atoms with Gasteiger partial charge in [-0.1, -0.05) is 53.7 Å². The van der Waals surface area contributed by atoms with Crippen LogP contribution in [-0.2, 0) is 0 Å². The quantitative estimate of drug-likeness (QED) is 0.581. The highest BCUT2D eigenvalue weighted by Crippen LogP contribution is 2.25. The lowest BCUT2D eigenvalue weighted by Crippen LogP contribution is -2.05. The zero-order valence-corrected chi connectivity index (χ0v) is 10.00. The number of nitriles is 1. The van der Waals surface area contributed by atoms with E-state index < -0.39 is 6.04 Å². The molecule has 0 aromatic heterocycles. The van der Waals surface area contributed by atoms with Crippen LogP contribution in [0, 0.1) is 16.2 Å². The molecule has 0 spiro atoms. The second-order valence-corrected chi connectivity index (χ2v) is 4.11. The molecule has 0 aliphatic heterocycles. The Morgan fingerprint density at radius 1 is 1.33 bits per heavy atom. The van der Waals surface area contributed by atoms with Gasteiger partial charge in [0.15, 0.2) is 0 Å². The summed E-state index contributed by atoms with van der Waals surface area (Å²) < 4.78 is 0. The first kappa shape index (κ1) is 12.0. The Morgan fingerprint density at radius 3 is 2.61 bits per heavy atom.